The molecule has 120 valence electrons. The summed E-state index contributed by atoms with van der Waals surface area (Å²) in [5.41, 5.74) is 4.53. The van der Waals surface area contributed by atoms with Crippen molar-refractivity contribution in [2.75, 3.05) is 17.6 Å². The molecule has 0 spiro atoms. The molecule has 3 nitrogen and oxygen atoms in total. The van der Waals surface area contributed by atoms with Gasteiger partial charge in [0.05, 0.1) is 0 Å². The molecule has 1 atom stereocenters. The van der Waals surface area contributed by atoms with Gasteiger partial charge in [0.25, 0.3) is 0 Å². The zero-order valence-corrected chi connectivity index (χ0v) is 15.6. The number of carbonyl (C=O) groups is 1. The molecule has 3 rings (SSSR count). The van der Waals surface area contributed by atoms with Crippen molar-refractivity contribution in [1.82, 2.24) is 4.90 Å². The van der Waals surface area contributed by atoms with Gasteiger partial charge in [0.15, 0.2) is 0 Å². The Balaban J connectivity index is 1.78. The quantitative estimate of drug-likeness (QED) is 0.749. The van der Waals surface area contributed by atoms with Crippen LogP contribution in [-0.4, -0.2) is 23.2 Å². The number of nitrogens with one attached hydrogen (secondary N) is 1. The molecule has 1 N–H and O–H groups in total. The van der Waals surface area contributed by atoms with Crippen LogP contribution in [0.4, 0.5) is 10.5 Å². The average molecular weight is 391 g/mol. The number of halogens is 1. The summed E-state index contributed by atoms with van der Waals surface area (Å²) in [6, 6.07) is 14.1. The van der Waals surface area contributed by atoms with E-state index in [9.17, 15) is 4.79 Å². The summed E-state index contributed by atoms with van der Waals surface area (Å²) in [7, 11) is 0. The monoisotopic (exact) mass is 390 g/mol. The number of rotatable bonds is 2. The van der Waals surface area contributed by atoms with Crippen molar-refractivity contribution in [3.8, 4) is 0 Å². The van der Waals surface area contributed by atoms with E-state index in [-0.39, 0.29) is 11.4 Å². The molecule has 1 fully saturated rings. The van der Waals surface area contributed by atoms with Crippen LogP contribution in [0, 0.1) is 13.8 Å². The maximum absolute atomic E-state index is 12.7. The summed E-state index contributed by atoms with van der Waals surface area (Å²) < 4.78 is 1.00. The number of hydrogen-bond acceptors (Lipinski definition) is 2. The molecule has 0 bridgehead atoms. The van der Waals surface area contributed by atoms with Crippen LogP contribution in [0.25, 0.3) is 0 Å². The molecule has 0 aliphatic carbocycles. The van der Waals surface area contributed by atoms with Gasteiger partial charge >= 0.3 is 6.03 Å². The largest absolute Gasteiger partial charge is 0.323 e. The van der Waals surface area contributed by atoms with Gasteiger partial charge in [0, 0.05) is 22.5 Å². The van der Waals surface area contributed by atoms with Gasteiger partial charge in [-0.1, -0.05) is 39.7 Å². The van der Waals surface area contributed by atoms with E-state index in [0.717, 1.165) is 22.5 Å². The van der Waals surface area contributed by atoms with E-state index in [1.165, 1.54) is 16.7 Å². The first-order chi connectivity index (χ1) is 11.0. The third kappa shape index (κ3) is 3.72. The highest BCUT2D eigenvalue weighted by molar-refractivity contribution is 9.10. The summed E-state index contributed by atoms with van der Waals surface area (Å²) in [5, 5.41) is 3.08. The topological polar surface area (TPSA) is 32.3 Å². The Kier molecular flexibility index (Phi) is 4.97. The lowest BCUT2D eigenvalue weighted by atomic mass is 10.1. The van der Waals surface area contributed by atoms with Gasteiger partial charge in [-0.3, -0.25) is 0 Å². The Bertz CT molecular complexity index is 717. The normalized spacial score (nSPS) is 17.3. The van der Waals surface area contributed by atoms with Crippen molar-refractivity contribution >= 4 is 39.4 Å². The number of aryl methyl sites for hydroxylation is 2. The van der Waals surface area contributed by atoms with Crippen molar-refractivity contribution in [3.05, 3.63) is 63.6 Å². The Morgan fingerprint density at radius 3 is 2.65 bits per heavy atom. The van der Waals surface area contributed by atoms with Crippen LogP contribution in [0.15, 0.2) is 46.9 Å². The van der Waals surface area contributed by atoms with Crippen LogP contribution < -0.4 is 5.32 Å². The fraction of sp³-hybridized carbons (Fsp3) is 0.278. The second kappa shape index (κ2) is 6.97. The Hall–Kier alpha value is -1.46. The number of thioether (sulfide) groups is 1. The summed E-state index contributed by atoms with van der Waals surface area (Å²) in [5.74, 6) is 0.964. The van der Waals surface area contributed by atoms with Crippen molar-refractivity contribution in [2.24, 2.45) is 0 Å². The third-order valence-electron chi connectivity index (χ3n) is 3.94. The highest BCUT2D eigenvalue weighted by atomic mass is 79.9. The lowest BCUT2D eigenvalue weighted by Crippen LogP contribution is -2.34. The molecule has 1 unspecified atom stereocenters. The molecule has 1 heterocycles. The Labute approximate surface area is 149 Å². The first-order valence-corrected chi connectivity index (χ1v) is 9.41. The minimum Gasteiger partial charge on any atom is -0.308 e. The van der Waals surface area contributed by atoms with Gasteiger partial charge in [-0.05, 0) is 49.2 Å². The fourth-order valence-corrected chi connectivity index (χ4v) is 4.38. The number of carbonyl (C=O) groups excluding carboxylic acids is 1. The van der Waals surface area contributed by atoms with E-state index in [1.54, 1.807) is 0 Å². The number of anilines is 1. The Morgan fingerprint density at radius 2 is 1.96 bits per heavy atom. The molecule has 2 aromatic rings. The molecular formula is C18H19BrN2OS. The van der Waals surface area contributed by atoms with Gasteiger partial charge in [-0.25, -0.2) is 4.79 Å². The molecule has 23 heavy (non-hydrogen) atoms. The fourth-order valence-electron chi connectivity index (χ4n) is 2.77. The molecular weight excluding hydrogens is 372 g/mol. The van der Waals surface area contributed by atoms with Crippen LogP contribution in [-0.2, 0) is 0 Å². The molecule has 1 aliphatic rings. The van der Waals surface area contributed by atoms with Crippen LogP contribution >= 0.6 is 27.7 Å². The maximum atomic E-state index is 12.7. The van der Waals surface area contributed by atoms with E-state index in [2.05, 4.69) is 53.3 Å². The van der Waals surface area contributed by atoms with Crippen LogP contribution in [0.3, 0.4) is 0 Å². The molecule has 0 radical (unpaired) electrons. The molecule has 5 heteroatoms. The standard InChI is InChI=1S/C18H19BrN2OS/c1-12-3-8-16(13(2)11-12)17-21(9-10-23-17)18(22)20-15-6-4-14(19)5-7-15/h3-8,11,17H,9-10H2,1-2H3,(H,20,22). The van der Waals surface area contributed by atoms with Gasteiger partial charge < -0.3 is 10.2 Å². The zero-order chi connectivity index (χ0) is 16.4. The van der Waals surface area contributed by atoms with E-state index in [0.29, 0.717) is 0 Å². The van der Waals surface area contributed by atoms with Crippen molar-refractivity contribution in [2.45, 2.75) is 19.2 Å². The second-order valence-corrected chi connectivity index (χ2v) is 7.82. The van der Waals surface area contributed by atoms with Crippen LogP contribution in [0.5, 0.6) is 0 Å². The number of urea groups is 1. The first kappa shape index (κ1) is 16.4. The predicted octanol–water partition coefficient (Wildman–Crippen LogP) is 5.35. The minimum atomic E-state index is -0.0395. The maximum Gasteiger partial charge on any atom is 0.323 e. The van der Waals surface area contributed by atoms with E-state index in [4.69, 9.17) is 0 Å². The SMILES string of the molecule is Cc1ccc(C2SCCN2C(=O)Nc2ccc(Br)cc2)c(C)c1. The highest BCUT2D eigenvalue weighted by Gasteiger charge is 2.31. The predicted molar refractivity (Wildman–Crippen MR) is 101 cm³/mol. The minimum absolute atomic E-state index is 0.0395. The van der Waals surface area contributed by atoms with E-state index in [1.807, 2.05) is 40.9 Å². The smallest absolute Gasteiger partial charge is 0.308 e. The third-order valence-corrected chi connectivity index (χ3v) is 5.71. The van der Waals surface area contributed by atoms with Gasteiger partial charge in [-0.2, -0.15) is 0 Å². The zero-order valence-electron chi connectivity index (χ0n) is 13.2. The molecule has 2 aromatic carbocycles. The second-order valence-electron chi connectivity index (χ2n) is 5.71. The summed E-state index contributed by atoms with van der Waals surface area (Å²) in [6.45, 7) is 4.98. The molecule has 0 saturated carbocycles. The van der Waals surface area contributed by atoms with Crippen molar-refractivity contribution < 1.29 is 4.79 Å². The van der Waals surface area contributed by atoms with Gasteiger partial charge in [0.1, 0.15) is 5.37 Å². The lowest BCUT2D eigenvalue weighted by Gasteiger charge is -2.25. The molecule has 1 aliphatic heterocycles. The molecule has 1 saturated heterocycles. The number of benzene rings is 2. The lowest BCUT2D eigenvalue weighted by molar-refractivity contribution is 0.214. The summed E-state index contributed by atoms with van der Waals surface area (Å²) in [4.78, 5) is 14.6. The van der Waals surface area contributed by atoms with Gasteiger partial charge in [-0.15, -0.1) is 11.8 Å². The van der Waals surface area contributed by atoms with Gasteiger partial charge in [0.2, 0.25) is 0 Å². The summed E-state index contributed by atoms with van der Waals surface area (Å²) >= 11 is 5.23. The van der Waals surface area contributed by atoms with E-state index >= 15 is 0 Å². The number of nitrogens with zero attached hydrogens (tertiary/aromatic N) is 1. The molecule has 0 aromatic heterocycles. The van der Waals surface area contributed by atoms with Crippen LogP contribution in [0.1, 0.15) is 22.1 Å². The van der Waals surface area contributed by atoms with Crippen molar-refractivity contribution in [3.63, 3.8) is 0 Å². The number of hydrogen-bond donors (Lipinski definition) is 1. The number of amides is 2. The summed E-state index contributed by atoms with van der Waals surface area (Å²) in [6.07, 6.45) is 0. The highest BCUT2D eigenvalue weighted by Crippen LogP contribution is 2.39. The Morgan fingerprint density at radius 1 is 1.22 bits per heavy atom. The molecule has 2 amide bonds. The van der Waals surface area contributed by atoms with Crippen molar-refractivity contribution in [1.29, 1.82) is 0 Å². The average Bonchev–Trinajstić information content (AvgIpc) is 2.99. The first-order valence-electron chi connectivity index (χ1n) is 7.56. The van der Waals surface area contributed by atoms with E-state index < -0.39 is 0 Å². The van der Waals surface area contributed by atoms with Crippen LogP contribution in [0.2, 0.25) is 0 Å².